The Labute approximate surface area is 154 Å². The van der Waals surface area contributed by atoms with Crippen LogP contribution in [0.5, 0.6) is 5.75 Å². The summed E-state index contributed by atoms with van der Waals surface area (Å²) in [5.74, 6) is 0.391. The average molecular weight is 355 g/mol. The molecule has 0 saturated heterocycles. The van der Waals surface area contributed by atoms with Gasteiger partial charge < -0.3 is 20.3 Å². The van der Waals surface area contributed by atoms with Gasteiger partial charge in [-0.25, -0.2) is 4.79 Å². The van der Waals surface area contributed by atoms with E-state index in [4.69, 9.17) is 4.74 Å². The van der Waals surface area contributed by atoms with Gasteiger partial charge in [-0.2, -0.15) is 0 Å². The largest absolute Gasteiger partial charge is 0.484 e. The van der Waals surface area contributed by atoms with Crippen molar-refractivity contribution in [2.24, 2.45) is 0 Å². The van der Waals surface area contributed by atoms with Crippen LogP contribution in [0.2, 0.25) is 0 Å². The summed E-state index contributed by atoms with van der Waals surface area (Å²) >= 11 is 0. The zero-order valence-corrected chi connectivity index (χ0v) is 15.6. The van der Waals surface area contributed by atoms with Crippen LogP contribution in [0, 0.1) is 13.8 Å². The second kappa shape index (κ2) is 8.89. The highest BCUT2D eigenvalue weighted by molar-refractivity contribution is 5.89. The molecule has 6 nitrogen and oxygen atoms in total. The zero-order valence-electron chi connectivity index (χ0n) is 15.6. The van der Waals surface area contributed by atoms with Crippen molar-refractivity contribution in [1.82, 2.24) is 10.2 Å². The molecule has 0 aliphatic carbocycles. The molecule has 0 atom stereocenters. The molecular weight excluding hydrogens is 330 g/mol. The normalized spacial score (nSPS) is 10.2. The van der Waals surface area contributed by atoms with Gasteiger partial charge in [-0.15, -0.1) is 0 Å². The maximum absolute atomic E-state index is 12.1. The number of ether oxygens (including phenoxy) is 1. The lowest BCUT2D eigenvalue weighted by molar-refractivity contribution is -0.130. The van der Waals surface area contributed by atoms with Gasteiger partial charge in [0.25, 0.3) is 5.91 Å². The van der Waals surface area contributed by atoms with E-state index in [-0.39, 0.29) is 18.5 Å². The molecule has 0 spiro atoms. The first-order valence-electron chi connectivity index (χ1n) is 8.39. The molecule has 0 aliphatic heterocycles. The first-order chi connectivity index (χ1) is 12.3. The minimum absolute atomic E-state index is 0.0463. The molecule has 3 amide bonds. The summed E-state index contributed by atoms with van der Waals surface area (Å²) in [6.45, 7) is 4.47. The number of carbonyl (C=O) groups is 2. The van der Waals surface area contributed by atoms with Gasteiger partial charge >= 0.3 is 6.03 Å². The number of nitrogens with one attached hydrogen (secondary N) is 2. The molecule has 2 rings (SSSR count). The third-order valence-electron chi connectivity index (χ3n) is 3.89. The van der Waals surface area contributed by atoms with Crippen molar-refractivity contribution in [3.05, 3.63) is 59.2 Å². The monoisotopic (exact) mass is 355 g/mol. The SMILES string of the molecule is Cc1ccc(CNC(=O)Nc2cccc(OCC(=O)N(C)C)c2)c(C)c1. The Morgan fingerprint density at radius 3 is 2.54 bits per heavy atom. The van der Waals surface area contributed by atoms with Gasteiger partial charge in [0.2, 0.25) is 0 Å². The van der Waals surface area contributed by atoms with E-state index in [9.17, 15) is 9.59 Å². The number of urea groups is 1. The Balaban J connectivity index is 1.88. The van der Waals surface area contributed by atoms with Gasteiger partial charge in [-0.1, -0.05) is 29.8 Å². The van der Waals surface area contributed by atoms with Gasteiger partial charge in [0.05, 0.1) is 0 Å². The van der Waals surface area contributed by atoms with E-state index in [1.807, 2.05) is 26.0 Å². The first-order valence-corrected chi connectivity index (χ1v) is 8.39. The number of carbonyl (C=O) groups excluding carboxylic acids is 2. The van der Waals surface area contributed by atoms with Crippen molar-refractivity contribution in [3.8, 4) is 5.75 Å². The molecule has 2 aromatic carbocycles. The molecule has 6 heteroatoms. The molecule has 0 saturated carbocycles. The van der Waals surface area contributed by atoms with Crippen molar-refractivity contribution in [2.45, 2.75) is 20.4 Å². The Hall–Kier alpha value is -3.02. The van der Waals surface area contributed by atoms with E-state index in [1.165, 1.54) is 10.5 Å². The number of anilines is 1. The fourth-order valence-corrected chi connectivity index (χ4v) is 2.33. The van der Waals surface area contributed by atoms with Gasteiger partial charge in [0.15, 0.2) is 6.61 Å². The number of likely N-dealkylation sites (N-methyl/N-ethyl adjacent to an activating group) is 1. The Morgan fingerprint density at radius 1 is 1.08 bits per heavy atom. The summed E-state index contributed by atoms with van der Waals surface area (Å²) in [5.41, 5.74) is 4.01. The van der Waals surface area contributed by atoms with Crippen molar-refractivity contribution in [2.75, 3.05) is 26.0 Å². The Kier molecular flexibility index (Phi) is 6.60. The van der Waals surface area contributed by atoms with E-state index in [0.717, 1.165) is 11.1 Å². The summed E-state index contributed by atoms with van der Waals surface area (Å²) in [4.78, 5) is 25.1. The van der Waals surface area contributed by atoms with Gasteiger partial charge in [-0.3, -0.25) is 4.79 Å². The fourth-order valence-electron chi connectivity index (χ4n) is 2.33. The van der Waals surface area contributed by atoms with Crippen LogP contribution in [0.3, 0.4) is 0 Å². The minimum Gasteiger partial charge on any atom is -0.484 e. The molecule has 0 heterocycles. The highest BCUT2D eigenvalue weighted by Gasteiger charge is 2.07. The lowest BCUT2D eigenvalue weighted by Crippen LogP contribution is -2.28. The predicted octanol–water partition coefficient (Wildman–Crippen LogP) is 3.09. The maximum Gasteiger partial charge on any atom is 0.319 e. The van der Waals surface area contributed by atoms with E-state index in [0.29, 0.717) is 18.0 Å². The number of hydrogen-bond acceptors (Lipinski definition) is 3. The predicted molar refractivity (Wildman–Crippen MR) is 102 cm³/mol. The topological polar surface area (TPSA) is 70.7 Å². The lowest BCUT2D eigenvalue weighted by Gasteiger charge is -2.13. The minimum atomic E-state index is -0.300. The second-order valence-corrected chi connectivity index (χ2v) is 6.34. The first kappa shape index (κ1) is 19.3. The van der Waals surface area contributed by atoms with E-state index < -0.39 is 0 Å². The molecule has 0 aliphatic rings. The lowest BCUT2D eigenvalue weighted by atomic mass is 10.1. The number of amides is 3. The zero-order chi connectivity index (χ0) is 19.1. The number of nitrogens with zero attached hydrogens (tertiary/aromatic N) is 1. The number of aryl methyl sites for hydroxylation is 2. The van der Waals surface area contributed by atoms with Crippen molar-refractivity contribution < 1.29 is 14.3 Å². The van der Waals surface area contributed by atoms with Crippen LogP contribution in [-0.4, -0.2) is 37.5 Å². The van der Waals surface area contributed by atoms with Crippen molar-refractivity contribution in [3.63, 3.8) is 0 Å². The smallest absolute Gasteiger partial charge is 0.319 e. The van der Waals surface area contributed by atoms with Crippen molar-refractivity contribution >= 4 is 17.6 Å². The summed E-state index contributed by atoms with van der Waals surface area (Å²) in [6, 6.07) is 12.8. The molecule has 0 unspecified atom stereocenters. The van der Waals surface area contributed by atoms with Crippen LogP contribution in [-0.2, 0) is 11.3 Å². The van der Waals surface area contributed by atoms with Crippen LogP contribution >= 0.6 is 0 Å². The van der Waals surface area contributed by atoms with Crippen molar-refractivity contribution in [1.29, 1.82) is 0 Å². The maximum atomic E-state index is 12.1. The van der Waals surface area contributed by atoms with Crippen LogP contribution in [0.4, 0.5) is 10.5 Å². The molecule has 0 bridgehead atoms. The van der Waals surface area contributed by atoms with Crippen LogP contribution in [0.15, 0.2) is 42.5 Å². The van der Waals surface area contributed by atoms with Crippen LogP contribution < -0.4 is 15.4 Å². The number of benzene rings is 2. The number of hydrogen-bond donors (Lipinski definition) is 2. The van der Waals surface area contributed by atoms with Crippen LogP contribution in [0.25, 0.3) is 0 Å². The Bertz CT molecular complexity index is 788. The molecule has 2 aromatic rings. The molecule has 0 radical (unpaired) electrons. The molecule has 26 heavy (non-hydrogen) atoms. The van der Waals surface area contributed by atoms with Gasteiger partial charge in [0.1, 0.15) is 5.75 Å². The fraction of sp³-hybridized carbons (Fsp3) is 0.300. The quantitative estimate of drug-likeness (QED) is 0.836. The average Bonchev–Trinajstić information content (AvgIpc) is 2.59. The summed E-state index contributed by atoms with van der Waals surface area (Å²) in [5, 5.41) is 5.61. The molecule has 0 fully saturated rings. The summed E-state index contributed by atoms with van der Waals surface area (Å²) in [6.07, 6.45) is 0. The third-order valence-corrected chi connectivity index (χ3v) is 3.89. The number of rotatable bonds is 6. The molecule has 2 N–H and O–H groups in total. The van der Waals surface area contributed by atoms with Gasteiger partial charge in [-0.05, 0) is 37.1 Å². The summed E-state index contributed by atoms with van der Waals surface area (Å²) in [7, 11) is 3.34. The Morgan fingerprint density at radius 2 is 1.85 bits per heavy atom. The molecule has 0 aromatic heterocycles. The van der Waals surface area contributed by atoms with Crippen LogP contribution in [0.1, 0.15) is 16.7 Å². The third kappa shape index (κ3) is 5.81. The van der Waals surface area contributed by atoms with E-state index in [2.05, 4.69) is 16.7 Å². The highest BCUT2D eigenvalue weighted by Crippen LogP contribution is 2.17. The standard InChI is InChI=1S/C20H25N3O3/c1-14-8-9-16(15(2)10-14)12-21-20(25)22-17-6-5-7-18(11-17)26-13-19(24)23(3)4/h5-11H,12-13H2,1-4H3,(H2,21,22,25). The second-order valence-electron chi connectivity index (χ2n) is 6.34. The van der Waals surface area contributed by atoms with E-state index >= 15 is 0 Å². The molecule has 138 valence electrons. The molecular formula is C20H25N3O3. The highest BCUT2D eigenvalue weighted by atomic mass is 16.5. The van der Waals surface area contributed by atoms with Gasteiger partial charge in [0, 0.05) is 32.4 Å². The summed E-state index contributed by atoms with van der Waals surface area (Å²) < 4.78 is 5.44. The van der Waals surface area contributed by atoms with E-state index in [1.54, 1.807) is 38.4 Å².